The molecule has 0 amide bonds. The number of nitrogens with one attached hydrogen (secondary N) is 1. The highest BCUT2D eigenvalue weighted by Crippen LogP contribution is 2.10. The van der Waals surface area contributed by atoms with Crippen LogP contribution in [0, 0.1) is 0 Å². The molecule has 7 nitrogen and oxygen atoms in total. The number of aromatic nitrogens is 1. The topological polar surface area (TPSA) is 60.1 Å². The van der Waals surface area contributed by atoms with Gasteiger partial charge in [-0.3, -0.25) is 4.90 Å². The number of rotatable bonds is 7. The number of hydrogen-bond acceptors (Lipinski definition) is 5. The molecule has 160 valence electrons. The second-order valence-corrected chi connectivity index (χ2v) is 7.48. The van der Waals surface area contributed by atoms with Gasteiger partial charge in [-0.2, -0.15) is 0 Å². The van der Waals surface area contributed by atoms with E-state index in [9.17, 15) is 0 Å². The van der Waals surface area contributed by atoms with Crippen LogP contribution in [0.4, 0.5) is 0 Å². The number of halogens is 1. The summed E-state index contributed by atoms with van der Waals surface area (Å²) >= 11 is 0. The monoisotopic (exact) mass is 512 g/mol. The number of guanidine groups is 1. The maximum Gasteiger partial charge on any atom is 0.194 e. The normalized spacial score (nSPS) is 15.4. The third-order valence-electron chi connectivity index (χ3n) is 4.79. The molecule has 1 saturated heterocycles. The lowest BCUT2D eigenvalue weighted by Crippen LogP contribution is -2.52. The number of benzene rings is 1. The van der Waals surface area contributed by atoms with Crippen molar-refractivity contribution in [1.82, 2.24) is 25.2 Å². The quantitative estimate of drug-likeness (QED) is 0.350. The van der Waals surface area contributed by atoms with E-state index in [1.165, 1.54) is 11.1 Å². The van der Waals surface area contributed by atoms with Crippen LogP contribution in [0.3, 0.4) is 0 Å². The van der Waals surface area contributed by atoms with E-state index in [-0.39, 0.29) is 24.0 Å². The van der Waals surface area contributed by atoms with E-state index in [0.29, 0.717) is 6.54 Å². The van der Waals surface area contributed by atoms with Crippen LogP contribution in [0.15, 0.2) is 46.1 Å². The zero-order chi connectivity index (χ0) is 19.8. The number of nitrogens with zero attached hydrogens (tertiary/aromatic N) is 5. The molecular weight excluding hydrogens is 479 g/mol. The number of aliphatic imine (C=N–C) groups is 1. The first-order valence-electron chi connectivity index (χ1n) is 10.0. The van der Waals surface area contributed by atoms with E-state index in [0.717, 1.165) is 57.5 Å². The van der Waals surface area contributed by atoms with Crippen molar-refractivity contribution < 1.29 is 4.52 Å². The highest BCUT2D eigenvalue weighted by atomic mass is 127. The summed E-state index contributed by atoms with van der Waals surface area (Å²) in [5.74, 6) is 1.00. The summed E-state index contributed by atoms with van der Waals surface area (Å²) < 4.78 is 4.93. The molecule has 0 radical (unpaired) electrons. The highest BCUT2D eigenvalue weighted by molar-refractivity contribution is 14.0. The van der Waals surface area contributed by atoms with E-state index in [1.54, 1.807) is 6.26 Å². The van der Waals surface area contributed by atoms with Gasteiger partial charge in [-0.05, 0) is 32.1 Å². The predicted molar refractivity (Wildman–Crippen MR) is 127 cm³/mol. The first-order chi connectivity index (χ1) is 13.6. The molecule has 0 unspecified atom stereocenters. The summed E-state index contributed by atoms with van der Waals surface area (Å²) in [5.41, 5.74) is 3.57. The Bertz CT molecular complexity index is 741. The molecule has 29 heavy (non-hydrogen) atoms. The molecule has 1 aromatic carbocycles. The molecule has 1 aliphatic heterocycles. The smallest absolute Gasteiger partial charge is 0.194 e. The summed E-state index contributed by atoms with van der Waals surface area (Å²) in [4.78, 5) is 11.8. The Hall–Kier alpha value is -1.65. The van der Waals surface area contributed by atoms with Gasteiger partial charge in [0.25, 0.3) is 0 Å². The van der Waals surface area contributed by atoms with Crippen LogP contribution in [0.1, 0.15) is 23.7 Å². The van der Waals surface area contributed by atoms with Crippen LogP contribution >= 0.6 is 24.0 Å². The molecule has 0 saturated carbocycles. The van der Waals surface area contributed by atoms with Gasteiger partial charge in [-0.25, -0.2) is 4.99 Å². The Kier molecular flexibility index (Phi) is 9.89. The van der Waals surface area contributed by atoms with Crippen molar-refractivity contribution in [1.29, 1.82) is 0 Å². The lowest BCUT2D eigenvalue weighted by Gasteiger charge is -2.36. The summed E-state index contributed by atoms with van der Waals surface area (Å²) in [5, 5.41) is 7.46. The van der Waals surface area contributed by atoms with Gasteiger partial charge in [0.15, 0.2) is 5.96 Å². The predicted octanol–water partition coefficient (Wildman–Crippen LogP) is 2.64. The zero-order valence-electron chi connectivity index (χ0n) is 17.7. The third kappa shape index (κ3) is 7.60. The molecule has 2 aromatic rings. The van der Waals surface area contributed by atoms with E-state index < -0.39 is 0 Å². The van der Waals surface area contributed by atoms with Gasteiger partial charge < -0.3 is 19.6 Å². The largest absolute Gasteiger partial charge is 0.364 e. The second-order valence-electron chi connectivity index (χ2n) is 7.48. The van der Waals surface area contributed by atoms with Crippen molar-refractivity contribution in [2.24, 2.45) is 4.99 Å². The van der Waals surface area contributed by atoms with E-state index in [4.69, 9.17) is 9.52 Å². The van der Waals surface area contributed by atoms with E-state index in [1.807, 2.05) is 6.07 Å². The minimum absolute atomic E-state index is 0. The summed E-state index contributed by atoms with van der Waals surface area (Å²) in [6.45, 7) is 9.40. The van der Waals surface area contributed by atoms with Gasteiger partial charge >= 0.3 is 0 Å². The van der Waals surface area contributed by atoms with Crippen molar-refractivity contribution in [3.05, 3.63) is 53.4 Å². The Balaban J connectivity index is 0.00000300. The first-order valence-corrected chi connectivity index (χ1v) is 10.0. The molecule has 2 heterocycles. The number of hydrogen-bond donors (Lipinski definition) is 1. The molecule has 1 N–H and O–H groups in total. The van der Waals surface area contributed by atoms with E-state index >= 15 is 0 Å². The standard InChI is InChI=1S/C21H32N6O.HI/c1-4-22-21(23-15-18-6-5-7-19(14-18)16-25(2)3)27-11-9-26(10-12-27)17-20-8-13-28-24-20;/h5-8,13-14H,4,9-12,15-17H2,1-3H3,(H,22,23);1H. The van der Waals surface area contributed by atoms with Gasteiger partial charge in [0.05, 0.1) is 12.2 Å². The van der Waals surface area contributed by atoms with Gasteiger partial charge in [-0.1, -0.05) is 29.4 Å². The van der Waals surface area contributed by atoms with Crippen molar-refractivity contribution in [3.63, 3.8) is 0 Å². The van der Waals surface area contributed by atoms with Crippen molar-refractivity contribution in [2.75, 3.05) is 46.8 Å². The zero-order valence-corrected chi connectivity index (χ0v) is 20.0. The first kappa shape index (κ1) is 23.6. The average molecular weight is 512 g/mol. The molecule has 1 aromatic heterocycles. The van der Waals surface area contributed by atoms with Crippen LogP contribution in [-0.2, 0) is 19.6 Å². The lowest BCUT2D eigenvalue weighted by molar-refractivity contribution is 0.169. The maximum atomic E-state index is 4.93. The van der Waals surface area contributed by atoms with Gasteiger partial charge in [0.2, 0.25) is 0 Å². The fraction of sp³-hybridized carbons (Fsp3) is 0.524. The van der Waals surface area contributed by atoms with Crippen LogP contribution < -0.4 is 5.32 Å². The molecule has 1 aliphatic rings. The molecule has 0 atom stereocenters. The Morgan fingerprint density at radius 2 is 1.93 bits per heavy atom. The van der Waals surface area contributed by atoms with Crippen LogP contribution in [-0.4, -0.2) is 72.6 Å². The molecule has 0 bridgehead atoms. The molecule has 8 heteroatoms. The van der Waals surface area contributed by atoms with Crippen LogP contribution in [0.5, 0.6) is 0 Å². The SMILES string of the molecule is CCNC(=NCc1cccc(CN(C)C)c1)N1CCN(Cc2ccon2)CC1.I. The molecular formula is C21H33IN6O. The fourth-order valence-electron chi connectivity index (χ4n) is 3.45. The van der Waals surface area contributed by atoms with Crippen molar-refractivity contribution in [2.45, 2.75) is 26.6 Å². The molecule has 1 fully saturated rings. The third-order valence-corrected chi connectivity index (χ3v) is 4.79. The Labute approximate surface area is 191 Å². The minimum Gasteiger partial charge on any atom is -0.364 e. The van der Waals surface area contributed by atoms with Gasteiger partial charge in [0, 0.05) is 51.9 Å². The Morgan fingerprint density at radius 3 is 2.59 bits per heavy atom. The van der Waals surface area contributed by atoms with Crippen molar-refractivity contribution >= 4 is 29.9 Å². The maximum absolute atomic E-state index is 4.93. The lowest BCUT2D eigenvalue weighted by atomic mass is 10.1. The second kappa shape index (κ2) is 12.1. The molecule has 3 rings (SSSR count). The van der Waals surface area contributed by atoms with Crippen molar-refractivity contribution in [3.8, 4) is 0 Å². The summed E-state index contributed by atoms with van der Waals surface area (Å²) in [7, 11) is 4.19. The van der Waals surface area contributed by atoms with E-state index in [2.05, 4.69) is 70.5 Å². The summed E-state index contributed by atoms with van der Waals surface area (Å²) in [6.07, 6.45) is 1.63. The average Bonchev–Trinajstić information content (AvgIpc) is 3.19. The Morgan fingerprint density at radius 1 is 1.17 bits per heavy atom. The highest BCUT2D eigenvalue weighted by Gasteiger charge is 2.20. The van der Waals surface area contributed by atoms with Gasteiger partial charge in [0.1, 0.15) is 6.26 Å². The van der Waals surface area contributed by atoms with Gasteiger partial charge in [-0.15, -0.1) is 24.0 Å². The van der Waals surface area contributed by atoms with Crippen LogP contribution in [0.2, 0.25) is 0 Å². The molecule has 0 spiro atoms. The summed E-state index contributed by atoms with van der Waals surface area (Å²) in [6, 6.07) is 10.6. The fourth-order valence-corrected chi connectivity index (χ4v) is 3.45. The van der Waals surface area contributed by atoms with Crippen LogP contribution in [0.25, 0.3) is 0 Å². The minimum atomic E-state index is 0. The number of piperazine rings is 1. The molecule has 0 aliphatic carbocycles.